The van der Waals surface area contributed by atoms with Crippen LogP contribution in [0.4, 0.5) is 0 Å². The third kappa shape index (κ3) is 10.4. The van der Waals surface area contributed by atoms with Crippen molar-refractivity contribution >= 4 is 30.4 Å². The van der Waals surface area contributed by atoms with Crippen molar-refractivity contribution < 1.29 is 107 Å². The van der Waals surface area contributed by atoms with Crippen LogP contribution in [0.25, 0.3) is 0 Å². The average Bonchev–Trinajstić information content (AvgIpc) is 2.34. The van der Waals surface area contributed by atoms with Crippen LogP contribution in [0.15, 0.2) is 0 Å². The topological polar surface area (TPSA) is 403 Å². The van der Waals surface area contributed by atoms with Gasteiger partial charge in [-0.25, -0.2) is 0 Å². The van der Waals surface area contributed by atoms with E-state index in [0.717, 1.165) is 0 Å². The predicted molar refractivity (Wildman–Crippen MR) is 83.7 cm³/mol. The first kappa shape index (κ1) is 40.2. The quantitative estimate of drug-likeness (QED) is 0.100. The Kier molecular flexibility index (Phi) is 18.6. The maximum atomic E-state index is 10.5. The van der Waals surface area contributed by atoms with Gasteiger partial charge in [-0.2, -0.15) is 0 Å². The smallest absolute Gasteiger partial charge is 0.776 e. The van der Waals surface area contributed by atoms with Gasteiger partial charge in [0.25, 0.3) is 0 Å². The van der Waals surface area contributed by atoms with Gasteiger partial charge in [0.05, 0.1) is 13.1 Å². The molecule has 0 heterocycles. The molecule has 0 aliphatic heterocycles. The van der Waals surface area contributed by atoms with Crippen LogP contribution >= 0.6 is 30.4 Å². The van der Waals surface area contributed by atoms with E-state index in [9.17, 15) is 37.8 Å². The van der Waals surface area contributed by atoms with E-state index in [1.54, 1.807) is 0 Å². The van der Waals surface area contributed by atoms with Gasteiger partial charge < -0.3 is 90.0 Å². The van der Waals surface area contributed by atoms with E-state index < -0.39 is 53.4 Å². The first-order valence-electron chi connectivity index (χ1n) is 6.31. The Labute approximate surface area is 173 Å². The van der Waals surface area contributed by atoms with Gasteiger partial charge in [-0.15, -0.1) is 0 Å². The van der Waals surface area contributed by atoms with Crippen LogP contribution in [0, 0.1) is 0 Å². The minimum Gasteiger partial charge on any atom is -0.776 e. The van der Waals surface area contributed by atoms with Gasteiger partial charge in [-0.05, 0) is 0 Å². The second kappa shape index (κ2) is 13.4. The fourth-order valence-corrected chi connectivity index (χ4v) is 5.68. The third-order valence-electron chi connectivity index (χ3n) is 2.83. The second-order valence-electron chi connectivity index (χ2n) is 4.84. The molecule has 0 aromatic carbocycles. The van der Waals surface area contributed by atoms with Crippen molar-refractivity contribution in [2.24, 2.45) is 0 Å². The SMILES string of the molecule is [Co+2].[NH3+]CCC(O)(P(=O)([O-])O)P(=O)([O-])O.[NH3+]CCC(O)(P(=O)([O-])O)P(=O)([O-])O.[OH3+].[OH3+]. The molecule has 0 rings (SSSR count). The van der Waals surface area contributed by atoms with Crippen molar-refractivity contribution in [3.05, 3.63) is 0 Å². The first-order chi connectivity index (χ1) is 11.1. The summed E-state index contributed by atoms with van der Waals surface area (Å²) in [5, 5.41) is 10.9. The minimum absolute atomic E-state index is 0. The summed E-state index contributed by atoms with van der Waals surface area (Å²) in [6.07, 6.45) is -1.77. The van der Waals surface area contributed by atoms with Crippen LogP contribution in [0.3, 0.4) is 0 Å². The summed E-state index contributed by atoms with van der Waals surface area (Å²) in [7, 11) is -22.3. The van der Waals surface area contributed by atoms with Crippen molar-refractivity contribution in [1.29, 1.82) is 0 Å². The number of hydrogen-bond donors (Lipinski definition) is 8. The van der Waals surface area contributed by atoms with Gasteiger partial charge in [0.15, 0.2) is 40.5 Å². The summed E-state index contributed by atoms with van der Waals surface area (Å²) in [5.41, 5.74) is 6.19. The van der Waals surface area contributed by atoms with Crippen LogP contribution in [0.2, 0.25) is 0 Å². The molecule has 29 heavy (non-hydrogen) atoms. The van der Waals surface area contributed by atoms with E-state index in [1.165, 1.54) is 0 Å². The van der Waals surface area contributed by atoms with Crippen LogP contribution < -0.4 is 31.0 Å². The standard InChI is InChI=1S/2C3H11NO7P2.Co.2H2O/c2*4-2-1-3(5,12(6,7)8)13(9,10)11;;;/h2*5H,1-2,4H2,(H2,6,7,8)(H2,9,10,11);;2*1H2/q;;+2;;. The molecule has 0 fully saturated rings. The Bertz CT molecular complexity index is 550. The van der Waals surface area contributed by atoms with E-state index in [2.05, 4.69) is 11.5 Å². The van der Waals surface area contributed by atoms with Crippen molar-refractivity contribution in [1.82, 2.24) is 0 Å². The molecule has 0 saturated carbocycles. The molecule has 0 aliphatic carbocycles. The average molecular weight is 565 g/mol. The first-order valence-corrected chi connectivity index (χ1v) is 12.6. The fourth-order valence-electron chi connectivity index (χ4n) is 1.36. The summed E-state index contributed by atoms with van der Waals surface area (Å²) in [4.78, 5) is 75.4. The van der Waals surface area contributed by atoms with Gasteiger partial charge >= 0.3 is 16.8 Å². The van der Waals surface area contributed by atoms with Crippen molar-refractivity contribution in [2.75, 3.05) is 13.1 Å². The van der Waals surface area contributed by atoms with Crippen molar-refractivity contribution in [3.8, 4) is 0 Å². The second-order valence-corrected chi connectivity index (χ2v) is 12.7. The van der Waals surface area contributed by atoms with Gasteiger partial charge in [-0.1, -0.05) is 0 Å². The Morgan fingerprint density at radius 3 is 0.793 bits per heavy atom. The fraction of sp³-hybridized carbons (Fsp3) is 1.00. The van der Waals surface area contributed by atoms with Gasteiger partial charge in [0, 0.05) is 12.8 Å². The normalized spacial score (nSPS) is 23.0. The third-order valence-corrected chi connectivity index (χ3v) is 10.4. The molecule has 0 bridgehead atoms. The number of aliphatic hydroxyl groups is 2. The zero-order chi connectivity index (χ0) is 21.8. The molecule has 0 spiro atoms. The maximum absolute atomic E-state index is 10.5. The van der Waals surface area contributed by atoms with Crippen LogP contribution in [0.5, 0.6) is 0 Å². The van der Waals surface area contributed by atoms with Gasteiger partial charge in [-0.3, -0.25) is 0 Å². The summed E-state index contributed by atoms with van der Waals surface area (Å²) in [6, 6.07) is 0. The summed E-state index contributed by atoms with van der Waals surface area (Å²) in [6.45, 7) is -0.563. The van der Waals surface area contributed by atoms with E-state index in [0.29, 0.717) is 0 Å². The molecule has 23 heteroatoms. The molecule has 0 aliphatic rings. The van der Waals surface area contributed by atoms with E-state index >= 15 is 0 Å². The van der Waals surface area contributed by atoms with E-state index in [1.807, 2.05) is 0 Å². The molecule has 4 atom stereocenters. The van der Waals surface area contributed by atoms with Crippen LogP contribution in [0.1, 0.15) is 12.8 Å². The summed E-state index contributed by atoms with van der Waals surface area (Å²) >= 11 is 0. The van der Waals surface area contributed by atoms with E-state index in [-0.39, 0.29) is 40.8 Å². The molecule has 1 radical (unpaired) electrons. The largest absolute Gasteiger partial charge is 2.00 e. The van der Waals surface area contributed by atoms with Gasteiger partial charge in [0.1, 0.15) is 0 Å². The molecule has 18 nitrogen and oxygen atoms in total. The predicted octanol–water partition coefficient (Wildman–Crippen LogP) is -9.13. The molecule has 0 aromatic heterocycles. The number of hydrogen-bond acceptors (Lipinski definition) is 10. The maximum Gasteiger partial charge on any atom is 2.00 e. The minimum atomic E-state index is -5.59. The molecular weight excluding hydrogens is 539 g/mol. The van der Waals surface area contributed by atoms with Crippen molar-refractivity contribution in [3.63, 3.8) is 0 Å². The number of rotatable bonds is 8. The Balaban J connectivity index is -0.000000120. The van der Waals surface area contributed by atoms with Crippen molar-refractivity contribution in [2.45, 2.75) is 23.0 Å². The summed E-state index contributed by atoms with van der Waals surface area (Å²) in [5.74, 6) is 0. The molecule has 0 amide bonds. The van der Waals surface area contributed by atoms with Crippen LogP contribution in [-0.4, -0.2) is 53.0 Å². The Morgan fingerprint density at radius 2 is 0.759 bits per heavy atom. The molecule has 4 unspecified atom stereocenters. The zero-order valence-corrected chi connectivity index (χ0v) is 19.1. The molecule has 0 saturated heterocycles. The Morgan fingerprint density at radius 1 is 0.621 bits per heavy atom. The summed E-state index contributed by atoms with van der Waals surface area (Å²) < 4.78 is 41.9. The van der Waals surface area contributed by atoms with Crippen LogP contribution in [-0.2, 0) is 46.0 Å². The molecule has 18 N–H and O–H groups in total. The zero-order valence-electron chi connectivity index (χ0n) is 14.5. The van der Waals surface area contributed by atoms with E-state index in [4.69, 9.17) is 29.8 Å². The number of quaternary nitrogens is 2. The molecule has 0 aromatic rings. The molecule has 183 valence electrons. The monoisotopic (exact) mass is 565 g/mol. The molecular formula is C6H26CoN2O16P4+2. The Hall–Kier alpha value is 0.866. The van der Waals surface area contributed by atoms with Gasteiger partial charge in [0.2, 0.25) is 0 Å².